The molecule has 0 spiro atoms. The Kier molecular flexibility index (Phi) is 9.66. The third-order valence-corrected chi connectivity index (χ3v) is 4.62. The van der Waals surface area contributed by atoms with Crippen molar-refractivity contribution in [3.8, 4) is 0 Å². The lowest BCUT2D eigenvalue weighted by Gasteiger charge is -2.44. The zero-order valence-electron chi connectivity index (χ0n) is 19.7. The van der Waals surface area contributed by atoms with Gasteiger partial charge < -0.3 is 34.3 Å². The van der Waals surface area contributed by atoms with E-state index >= 15 is 0 Å². The van der Waals surface area contributed by atoms with Gasteiger partial charge in [0.05, 0.1) is 4.92 Å². The molecule has 0 unspecified atom stereocenters. The van der Waals surface area contributed by atoms with Crippen molar-refractivity contribution < 1.29 is 52.6 Å². The minimum atomic E-state index is -1.55. The molecule has 15 nitrogen and oxygen atoms in total. The van der Waals surface area contributed by atoms with E-state index in [4.69, 9.17) is 23.7 Å². The highest BCUT2D eigenvalue weighted by molar-refractivity contribution is 5.89. The van der Waals surface area contributed by atoms with Crippen LogP contribution in [0.25, 0.3) is 0 Å². The van der Waals surface area contributed by atoms with Crippen LogP contribution in [0.4, 0.5) is 16.2 Å². The minimum Gasteiger partial charge on any atom is -0.463 e. The average Bonchev–Trinajstić information content (AvgIpc) is 2.75. The number of urea groups is 1. The van der Waals surface area contributed by atoms with Gasteiger partial charge in [0.1, 0.15) is 18.8 Å². The Morgan fingerprint density at radius 2 is 1.44 bits per heavy atom. The van der Waals surface area contributed by atoms with Crippen LogP contribution in [0.5, 0.6) is 0 Å². The van der Waals surface area contributed by atoms with E-state index in [-0.39, 0.29) is 11.4 Å². The number of hydrogen-bond acceptors (Lipinski definition) is 12. The zero-order chi connectivity index (χ0) is 27.0. The van der Waals surface area contributed by atoms with E-state index in [1.54, 1.807) is 0 Å². The first-order valence-corrected chi connectivity index (χ1v) is 10.5. The van der Waals surface area contributed by atoms with Crippen LogP contribution in [0, 0.1) is 10.1 Å². The van der Waals surface area contributed by atoms with Crippen molar-refractivity contribution in [3.05, 3.63) is 34.4 Å². The summed E-state index contributed by atoms with van der Waals surface area (Å²) < 4.78 is 26.3. The molecule has 0 aliphatic carbocycles. The molecule has 5 atom stereocenters. The van der Waals surface area contributed by atoms with Gasteiger partial charge >= 0.3 is 29.9 Å². The predicted molar refractivity (Wildman–Crippen MR) is 117 cm³/mol. The van der Waals surface area contributed by atoms with E-state index in [9.17, 15) is 34.1 Å². The van der Waals surface area contributed by atoms with Crippen LogP contribution < -0.4 is 10.6 Å². The third kappa shape index (κ3) is 8.19. The fourth-order valence-corrected chi connectivity index (χ4v) is 3.31. The van der Waals surface area contributed by atoms with Crippen molar-refractivity contribution in [1.29, 1.82) is 0 Å². The molecule has 1 aliphatic rings. The number of carbonyl (C=O) groups is 5. The second kappa shape index (κ2) is 12.4. The normalized spacial score (nSPS) is 22.9. The first-order chi connectivity index (χ1) is 16.9. The molecular weight excluding hydrogens is 486 g/mol. The number of nitro groups is 1. The number of amides is 2. The maximum atomic E-state index is 12.7. The molecule has 15 heteroatoms. The fourth-order valence-electron chi connectivity index (χ4n) is 3.31. The Balaban J connectivity index is 2.36. The molecule has 2 amide bonds. The van der Waals surface area contributed by atoms with Crippen molar-refractivity contribution in [3.63, 3.8) is 0 Å². The quantitative estimate of drug-likeness (QED) is 0.216. The molecule has 1 aromatic rings. The summed E-state index contributed by atoms with van der Waals surface area (Å²) >= 11 is 0. The number of anilines is 1. The van der Waals surface area contributed by atoms with Gasteiger partial charge in [-0.3, -0.25) is 29.3 Å². The van der Waals surface area contributed by atoms with E-state index in [1.807, 2.05) is 0 Å². The number of hydrogen-bond donors (Lipinski definition) is 2. The maximum Gasteiger partial charge on any atom is 0.319 e. The molecule has 0 radical (unpaired) electrons. The molecule has 1 aromatic carbocycles. The monoisotopic (exact) mass is 511 g/mol. The summed E-state index contributed by atoms with van der Waals surface area (Å²) in [7, 11) is 0. The molecule has 1 heterocycles. The fraction of sp³-hybridized carbons (Fsp3) is 0.476. The van der Waals surface area contributed by atoms with Crippen LogP contribution in [-0.2, 0) is 42.9 Å². The van der Waals surface area contributed by atoms with Gasteiger partial charge in [0, 0.05) is 45.5 Å². The Labute approximate surface area is 204 Å². The van der Waals surface area contributed by atoms with Crippen LogP contribution >= 0.6 is 0 Å². The lowest BCUT2D eigenvalue weighted by molar-refractivity contribution is -0.384. The third-order valence-electron chi connectivity index (χ3n) is 4.62. The molecule has 0 bridgehead atoms. The number of ether oxygens (including phenoxy) is 5. The zero-order valence-corrected chi connectivity index (χ0v) is 19.7. The highest BCUT2D eigenvalue weighted by Gasteiger charge is 2.52. The van der Waals surface area contributed by atoms with Crippen molar-refractivity contribution in [2.24, 2.45) is 0 Å². The number of nitrogens with one attached hydrogen (secondary N) is 2. The summed E-state index contributed by atoms with van der Waals surface area (Å²) in [6, 6.07) is 2.59. The Bertz CT molecular complexity index is 1010. The summed E-state index contributed by atoms with van der Waals surface area (Å²) in [5.74, 6) is -3.12. The van der Waals surface area contributed by atoms with Crippen molar-refractivity contribution in [1.82, 2.24) is 5.32 Å². The summed E-state index contributed by atoms with van der Waals surface area (Å²) in [6.45, 7) is 3.89. The largest absolute Gasteiger partial charge is 0.463 e. The van der Waals surface area contributed by atoms with Crippen LogP contribution in [0.1, 0.15) is 27.7 Å². The van der Waals surface area contributed by atoms with E-state index in [2.05, 4.69) is 10.6 Å². The lowest BCUT2D eigenvalue weighted by Crippen LogP contribution is -2.67. The molecular formula is C21H25N3O12. The number of nitro benzene ring substituents is 1. The average molecular weight is 511 g/mol. The van der Waals surface area contributed by atoms with Gasteiger partial charge in [-0.05, 0) is 12.1 Å². The SMILES string of the molecule is CC(=O)OC[C@H]1O[C@H](OC(C)=O)[C@H](NC(=O)Nc2ccc([N+](=O)[O-])cc2)[C@@H](OC(C)=O)[C@@H]1OC(C)=O. The number of nitrogens with zero attached hydrogens (tertiary/aromatic N) is 1. The van der Waals surface area contributed by atoms with Gasteiger partial charge in [-0.2, -0.15) is 0 Å². The van der Waals surface area contributed by atoms with Crippen LogP contribution in [0.3, 0.4) is 0 Å². The lowest BCUT2D eigenvalue weighted by atomic mass is 9.96. The Morgan fingerprint density at radius 1 is 0.889 bits per heavy atom. The number of esters is 4. The molecule has 2 rings (SSSR count). The van der Waals surface area contributed by atoms with Gasteiger partial charge in [-0.1, -0.05) is 0 Å². The molecule has 36 heavy (non-hydrogen) atoms. The topological polar surface area (TPSA) is 199 Å². The van der Waals surface area contributed by atoms with Gasteiger partial charge in [0.2, 0.25) is 6.29 Å². The first kappa shape index (κ1) is 28.0. The molecule has 196 valence electrons. The second-order valence-electron chi connectivity index (χ2n) is 7.53. The van der Waals surface area contributed by atoms with E-state index in [0.29, 0.717) is 0 Å². The molecule has 1 fully saturated rings. The summed E-state index contributed by atoms with van der Waals surface area (Å²) in [5.41, 5.74) is -0.0262. The van der Waals surface area contributed by atoms with E-state index < -0.39 is 72.1 Å². The van der Waals surface area contributed by atoms with Gasteiger partial charge in [-0.25, -0.2) is 4.79 Å². The van der Waals surface area contributed by atoms with Gasteiger partial charge in [0.25, 0.3) is 5.69 Å². The molecule has 1 aliphatic heterocycles. The first-order valence-electron chi connectivity index (χ1n) is 10.5. The molecule has 0 aromatic heterocycles. The van der Waals surface area contributed by atoms with Gasteiger partial charge in [0.15, 0.2) is 12.2 Å². The maximum absolute atomic E-state index is 12.7. The highest BCUT2D eigenvalue weighted by Crippen LogP contribution is 2.28. The van der Waals surface area contributed by atoms with Crippen LogP contribution in [0.2, 0.25) is 0 Å². The standard InChI is InChI=1S/C21H25N3O12/c1-10(25)32-9-16-18(33-11(2)26)19(34-12(3)27)17(20(36-16)35-13(4)28)23-21(29)22-14-5-7-15(8-6-14)24(30)31/h5-8,16-20H,9H2,1-4H3,(H2,22,23,29)/t16-,17-,18-,19-,20+/m1/s1. The smallest absolute Gasteiger partial charge is 0.319 e. The number of rotatable bonds is 8. The minimum absolute atomic E-state index is 0.173. The number of benzene rings is 1. The number of non-ortho nitro benzene ring substituents is 1. The summed E-state index contributed by atoms with van der Waals surface area (Å²) in [6.07, 6.45) is -5.60. The van der Waals surface area contributed by atoms with Crippen LogP contribution in [-0.4, -0.2) is 72.1 Å². The predicted octanol–water partition coefficient (Wildman–Crippen LogP) is 0.799. The summed E-state index contributed by atoms with van der Waals surface area (Å²) in [4.78, 5) is 69.6. The molecule has 0 saturated carbocycles. The van der Waals surface area contributed by atoms with Gasteiger partial charge in [-0.15, -0.1) is 0 Å². The number of carbonyl (C=O) groups excluding carboxylic acids is 5. The molecule has 2 N–H and O–H groups in total. The Morgan fingerprint density at radius 3 is 1.94 bits per heavy atom. The van der Waals surface area contributed by atoms with E-state index in [0.717, 1.165) is 27.7 Å². The van der Waals surface area contributed by atoms with Crippen LogP contribution in [0.15, 0.2) is 24.3 Å². The van der Waals surface area contributed by atoms with Crippen molar-refractivity contribution in [2.75, 3.05) is 11.9 Å². The highest BCUT2D eigenvalue weighted by atomic mass is 16.7. The van der Waals surface area contributed by atoms with E-state index in [1.165, 1.54) is 24.3 Å². The van der Waals surface area contributed by atoms with Crippen molar-refractivity contribution in [2.45, 2.75) is 58.3 Å². The summed E-state index contributed by atoms with van der Waals surface area (Å²) in [5, 5.41) is 15.7. The Hall–Kier alpha value is -4.27. The molecule has 1 saturated heterocycles. The van der Waals surface area contributed by atoms with Crippen molar-refractivity contribution >= 4 is 41.3 Å². The second-order valence-corrected chi connectivity index (χ2v) is 7.53.